The molecule has 1 fully saturated rings. The second-order valence-corrected chi connectivity index (χ2v) is 6.59. The summed E-state index contributed by atoms with van der Waals surface area (Å²) in [5.41, 5.74) is 0.984. The van der Waals surface area contributed by atoms with E-state index in [4.69, 9.17) is 0 Å². The van der Waals surface area contributed by atoms with Crippen LogP contribution in [0, 0.1) is 5.92 Å². The number of pyridine rings is 1. The maximum absolute atomic E-state index is 12.8. The average molecular weight is 338 g/mol. The van der Waals surface area contributed by atoms with Gasteiger partial charge in [-0.15, -0.1) is 0 Å². The Morgan fingerprint density at radius 2 is 1.92 bits per heavy atom. The molecule has 1 N–H and O–H groups in total. The molecule has 0 aliphatic heterocycles. The Hall–Kier alpha value is -2.69. The van der Waals surface area contributed by atoms with Gasteiger partial charge < -0.3 is 9.88 Å². The summed E-state index contributed by atoms with van der Waals surface area (Å²) in [4.78, 5) is 37.4. The van der Waals surface area contributed by atoms with Gasteiger partial charge in [0.15, 0.2) is 5.78 Å². The van der Waals surface area contributed by atoms with Crippen LogP contribution in [0.5, 0.6) is 0 Å². The first-order valence-electron chi connectivity index (χ1n) is 8.57. The molecule has 1 aromatic heterocycles. The fourth-order valence-electron chi connectivity index (χ4n) is 2.93. The number of benzene rings is 1. The lowest BCUT2D eigenvalue weighted by molar-refractivity contribution is 0.0961. The number of nitrogens with zero attached hydrogens (tertiary/aromatic N) is 1. The number of ketones is 1. The molecule has 2 aromatic rings. The average Bonchev–Trinajstić information content (AvgIpc) is 3.45. The van der Waals surface area contributed by atoms with E-state index in [0.717, 1.165) is 18.4 Å². The second kappa shape index (κ2) is 7.05. The first kappa shape index (κ1) is 17.1. The summed E-state index contributed by atoms with van der Waals surface area (Å²) in [6.45, 7) is 1.89. The van der Waals surface area contributed by atoms with Gasteiger partial charge in [0.05, 0.1) is 6.04 Å². The molecule has 0 spiro atoms. The standard InChI is InChI=1S/C20H22N2O3/c1-13(15-6-4-3-5-7-15)22-12-16(18(23)10-14-8-9-14)11-17(20(22)25)19(24)21-2/h3-7,11-14H,8-10H2,1-2H3,(H,21,24)/t13-/m1/s1. The van der Waals surface area contributed by atoms with Crippen LogP contribution in [0.2, 0.25) is 0 Å². The highest BCUT2D eigenvalue weighted by molar-refractivity contribution is 6.00. The molecule has 1 heterocycles. The lowest BCUT2D eigenvalue weighted by Crippen LogP contribution is -2.33. The van der Waals surface area contributed by atoms with Gasteiger partial charge in [-0.1, -0.05) is 30.3 Å². The summed E-state index contributed by atoms with van der Waals surface area (Å²) in [6.07, 6.45) is 4.23. The highest BCUT2D eigenvalue weighted by Gasteiger charge is 2.26. The minimum absolute atomic E-state index is 0.00641. The van der Waals surface area contributed by atoms with Crippen molar-refractivity contribution in [3.63, 3.8) is 0 Å². The number of amides is 1. The van der Waals surface area contributed by atoms with Crippen molar-refractivity contribution in [2.75, 3.05) is 7.05 Å². The molecule has 1 aliphatic carbocycles. The Labute approximate surface area is 146 Å². The number of hydrogen-bond acceptors (Lipinski definition) is 3. The van der Waals surface area contributed by atoms with Crippen molar-refractivity contribution in [2.24, 2.45) is 5.92 Å². The van der Waals surface area contributed by atoms with Crippen LogP contribution < -0.4 is 10.9 Å². The van der Waals surface area contributed by atoms with E-state index in [0.29, 0.717) is 17.9 Å². The van der Waals surface area contributed by atoms with Crippen LogP contribution in [0.15, 0.2) is 47.4 Å². The third-order valence-electron chi connectivity index (χ3n) is 4.71. The minimum atomic E-state index is -0.472. The van der Waals surface area contributed by atoms with Crippen molar-refractivity contribution in [1.82, 2.24) is 9.88 Å². The number of nitrogens with one attached hydrogen (secondary N) is 1. The van der Waals surface area contributed by atoms with Crippen molar-refractivity contribution in [3.05, 3.63) is 69.6 Å². The largest absolute Gasteiger partial charge is 0.355 e. The number of rotatable bonds is 6. The molecule has 0 unspecified atom stereocenters. The van der Waals surface area contributed by atoms with Crippen molar-refractivity contribution in [1.29, 1.82) is 0 Å². The first-order valence-corrected chi connectivity index (χ1v) is 8.57. The van der Waals surface area contributed by atoms with Gasteiger partial charge >= 0.3 is 0 Å². The molecule has 130 valence electrons. The van der Waals surface area contributed by atoms with Crippen LogP contribution in [-0.2, 0) is 0 Å². The number of hydrogen-bond donors (Lipinski definition) is 1. The fourth-order valence-corrected chi connectivity index (χ4v) is 2.93. The van der Waals surface area contributed by atoms with E-state index in [1.54, 1.807) is 6.20 Å². The zero-order valence-corrected chi connectivity index (χ0v) is 14.5. The highest BCUT2D eigenvalue weighted by Crippen LogP contribution is 2.33. The van der Waals surface area contributed by atoms with Crippen molar-refractivity contribution in [2.45, 2.75) is 32.2 Å². The smallest absolute Gasteiger partial charge is 0.263 e. The van der Waals surface area contributed by atoms with E-state index in [-0.39, 0.29) is 17.4 Å². The molecular formula is C20H22N2O3. The van der Waals surface area contributed by atoms with E-state index in [1.807, 2.05) is 37.3 Å². The number of Topliss-reactive ketones (excluding diaryl/α,β-unsaturated/α-hetero) is 1. The predicted molar refractivity (Wildman–Crippen MR) is 96.0 cm³/mol. The van der Waals surface area contributed by atoms with E-state index < -0.39 is 11.5 Å². The Bertz CT molecular complexity index is 851. The summed E-state index contributed by atoms with van der Waals surface area (Å²) in [5.74, 6) is -0.0374. The van der Waals surface area contributed by atoms with Crippen LogP contribution in [0.25, 0.3) is 0 Å². The van der Waals surface area contributed by atoms with Crippen LogP contribution in [-0.4, -0.2) is 23.3 Å². The number of carbonyl (C=O) groups is 2. The van der Waals surface area contributed by atoms with Gasteiger partial charge in [0, 0.05) is 25.2 Å². The molecule has 1 saturated carbocycles. The van der Waals surface area contributed by atoms with Crippen LogP contribution in [0.1, 0.15) is 58.5 Å². The maximum Gasteiger partial charge on any atom is 0.263 e. The van der Waals surface area contributed by atoms with Gasteiger partial charge in [0.2, 0.25) is 0 Å². The van der Waals surface area contributed by atoms with Gasteiger partial charge in [0.1, 0.15) is 5.56 Å². The van der Waals surface area contributed by atoms with E-state index >= 15 is 0 Å². The normalized spacial score (nSPS) is 14.8. The third kappa shape index (κ3) is 3.71. The molecule has 1 aromatic carbocycles. The Morgan fingerprint density at radius 3 is 2.52 bits per heavy atom. The maximum atomic E-state index is 12.8. The van der Waals surface area contributed by atoms with Crippen LogP contribution in [0.3, 0.4) is 0 Å². The molecule has 3 rings (SSSR count). The van der Waals surface area contributed by atoms with Gasteiger partial charge in [-0.2, -0.15) is 0 Å². The molecule has 25 heavy (non-hydrogen) atoms. The topological polar surface area (TPSA) is 68.2 Å². The molecule has 0 bridgehead atoms. The monoisotopic (exact) mass is 338 g/mol. The van der Waals surface area contributed by atoms with Gasteiger partial charge in [-0.3, -0.25) is 14.4 Å². The Balaban J connectivity index is 2.07. The molecular weight excluding hydrogens is 316 g/mol. The van der Waals surface area contributed by atoms with Crippen molar-refractivity contribution < 1.29 is 9.59 Å². The zero-order chi connectivity index (χ0) is 18.0. The van der Waals surface area contributed by atoms with Gasteiger partial charge in [-0.05, 0) is 37.3 Å². The molecule has 0 radical (unpaired) electrons. The SMILES string of the molecule is CNC(=O)c1cc(C(=O)CC2CC2)cn([C@H](C)c2ccccc2)c1=O. The summed E-state index contributed by atoms with van der Waals surface area (Å²) in [5, 5.41) is 2.48. The summed E-state index contributed by atoms with van der Waals surface area (Å²) < 4.78 is 1.49. The minimum Gasteiger partial charge on any atom is -0.355 e. The Kier molecular flexibility index (Phi) is 4.83. The van der Waals surface area contributed by atoms with Gasteiger partial charge in [-0.25, -0.2) is 0 Å². The quantitative estimate of drug-likeness (QED) is 0.824. The second-order valence-electron chi connectivity index (χ2n) is 6.59. The zero-order valence-electron chi connectivity index (χ0n) is 14.5. The lowest BCUT2D eigenvalue weighted by Gasteiger charge is -2.18. The molecule has 0 saturated heterocycles. The Morgan fingerprint density at radius 1 is 1.24 bits per heavy atom. The first-order chi connectivity index (χ1) is 12.0. The van der Waals surface area contributed by atoms with E-state index in [9.17, 15) is 14.4 Å². The predicted octanol–water partition coefficient (Wildman–Crippen LogP) is 2.80. The summed E-state index contributed by atoms with van der Waals surface area (Å²) in [7, 11) is 1.48. The summed E-state index contributed by atoms with van der Waals surface area (Å²) >= 11 is 0. The molecule has 1 aliphatic rings. The molecule has 1 atom stereocenters. The lowest BCUT2D eigenvalue weighted by atomic mass is 10.0. The third-order valence-corrected chi connectivity index (χ3v) is 4.71. The van der Waals surface area contributed by atoms with E-state index in [1.165, 1.54) is 17.7 Å². The molecule has 5 heteroatoms. The molecule has 5 nitrogen and oxygen atoms in total. The molecule has 1 amide bonds. The fraction of sp³-hybridized carbons (Fsp3) is 0.350. The summed E-state index contributed by atoms with van der Waals surface area (Å²) in [6, 6.07) is 10.7. The number of carbonyl (C=O) groups excluding carboxylic acids is 2. The van der Waals surface area contributed by atoms with Crippen molar-refractivity contribution in [3.8, 4) is 0 Å². The van der Waals surface area contributed by atoms with Gasteiger partial charge in [0.25, 0.3) is 11.5 Å². The van der Waals surface area contributed by atoms with E-state index in [2.05, 4.69) is 5.32 Å². The van der Waals surface area contributed by atoms with Crippen LogP contribution in [0.4, 0.5) is 0 Å². The number of aromatic nitrogens is 1. The van der Waals surface area contributed by atoms with Crippen molar-refractivity contribution >= 4 is 11.7 Å². The van der Waals surface area contributed by atoms with Crippen LogP contribution >= 0.6 is 0 Å². The highest BCUT2D eigenvalue weighted by atomic mass is 16.2.